The molecule has 2 aliphatic rings. The van der Waals surface area contributed by atoms with Crippen LogP contribution in [0.15, 0.2) is 5.16 Å². The van der Waals surface area contributed by atoms with Crippen molar-refractivity contribution in [1.29, 1.82) is 0 Å². The Morgan fingerprint density at radius 2 is 2.24 bits per heavy atom. The van der Waals surface area contributed by atoms with Gasteiger partial charge in [-0.05, 0) is 19.8 Å². The molecule has 2 heterocycles. The van der Waals surface area contributed by atoms with Gasteiger partial charge in [-0.15, -0.1) is 0 Å². The summed E-state index contributed by atoms with van der Waals surface area (Å²) in [6.45, 7) is 5.25. The van der Waals surface area contributed by atoms with E-state index in [1.807, 2.05) is 18.7 Å². The number of rotatable bonds is 1. The van der Waals surface area contributed by atoms with Gasteiger partial charge in [-0.2, -0.15) is 0 Å². The summed E-state index contributed by atoms with van der Waals surface area (Å²) < 4.78 is 5.59. The third-order valence-corrected chi connectivity index (χ3v) is 3.65. The molecule has 0 aromatic heterocycles. The number of piperidine rings is 1. The summed E-state index contributed by atoms with van der Waals surface area (Å²) in [5, 5.41) is 12.1. The van der Waals surface area contributed by atoms with Crippen LogP contribution in [0.2, 0.25) is 0 Å². The molecule has 2 aliphatic heterocycles. The van der Waals surface area contributed by atoms with Crippen molar-refractivity contribution >= 4 is 11.6 Å². The van der Waals surface area contributed by atoms with Crippen molar-refractivity contribution in [1.82, 2.24) is 4.90 Å². The van der Waals surface area contributed by atoms with E-state index in [9.17, 15) is 4.79 Å². The zero-order chi connectivity index (χ0) is 12.4. The molecule has 5 heteroatoms. The third-order valence-electron chi connectivity index (χ3n) is 3.65. The molecule has 0 bridgehead atoms. The Labute approximate surface area is 101 Å². The Morgan fingerprint density at radius 1 is 1.47 bits per heavy atom. The number of hydrogen-bond acceptors (Lipinski definition) is 4. The summed E-state index contributed by atoms with van der Waals surface area (Å²) in [6.07, 6.45) is 2.38. The molecule has 0 spiro atoms. The van der Waals surface area contributed by atoms with Crippen molar-refractivity contribution in [2.45, 2.75) is 45.3 Å². The van der Waals surface area contributed by atoms with Crippen LogP contribution in [0.1, 0.15) is 33.1 Å². The fraction of sp³-hybridized carbons (Fsp3) is 0.833. The van der Waals surface area contributed by atoms with Gasteiger partial charge in [0, 0.05) is 25.4 Å². The first-order chi connectivity index (χ1) is 8.11. The van der Waals surface area contributed by atoms with Crippen LogP contribution in [0.5, 0.6) is 0 Å². The van der Waals surface area contributed by atoms with Crippen LogP contribution in [-0.4, -0.2) is 47.0 Å². The van der Waals surface area contributed by atoms with Gasteiger partial charge in [-0.1, -0.05) is 12.1 Å². The normalized spacial score (nSPS) is 36.5. The summed E-state index contributed by atoms with van der Waals surface area (Å²) in [6, 6.07) is 0. The van der Waals surface area contributed by atoms with Crippen molar-refractivity contribution in [2.75, 3.05) is 13.1 Å². The maximum absolute atomic E-state index is 12.2. The molecular formula is C12H20N2O3. The van der Waals surface area contributed by atoms with Gasteiger partial charge in [0.2, 0.25) is 0 Å². The van der Waals surface area contributed by atoms with Crippen LogP contribution >= 0.6 is 0 Å². The molecule has 1 amide bonds. The van der Waals surface area contributed by atoms with Gasteiger partial charge in [0.15, 0.2) is 0 Å². The van der Waals surface area contributed by atoms with Crippen LogP contribution in [0.3, 0.4) is 0 Å². The first kappa shape index (κ1) is 12.4. The summed E-state index contributed by atoms with van der Waals surface area (Å²) in [4.78, 5) is 14.0. The van der Waals surface area contributed by atoms with Gasteiger partial charge in [0.1, 0.15) is 6.10 Å². The molecular weight excluding hydrogens is 220 g/mol. The van der Waals surface area contributed by atoms with Crippen molar-refractivity contribution in [3.05, 3.63) is 0 Å². The number of hydrogen-bond donors (Lipinski definition) is 1. The average Bonchev–Trinajstić information content (AvgIpc) is 2.75. The lowest BCUT2D eigenvalue weighted by molar-refractivity contribution is -0.143. The van der Waals surface area contributed by atoms with Gasteiger partial charge in [-0.3, -0.25) is 4.79 Å². The smallest absolute Gasteiger partial charge is 0.251 e. The van der Waals surface area contributed by atoms with Crippen LogP contribution in [-0.2, 0) is 9.53 Å². The van der Waals surface area contributed by atoms with Crippen LogP contribution in [0.25, 0.3) is 0 Å². The Hall–Kier alpha value is -1.10. The fourth-order valence-electron chi connectivity index (χ4n) is 2.56. The largest absolute Gasteiger partial charge is 0.411 e. The molecule has 0 aliphatic carbocycles. The van der Waals surface area contributed by atoms with Gasteiger partial charge in [0.05, 0.1) is 11.8 Å². The second-order valence-electron chi connectivity index (χ2n) is 5.04. The van der Waals surface area contributed by atoms with Crippen molar-refractivity contribution < 1.29 is 14.7 Å². The van der Waals surface area contributed by atoms with Gasteiger partial charge in [-0.25, -0.2) is 0 Å². The molecule has 1 N–H and O–H groups in total. The molecule has 2 saturated heterocycles. The minimum atomic E-state index is -0.259. The van der Waals surface area contributed by atoms with E-state index in [0.717, 1.165) is 18.6 Å². The van der Waals surface area contributed by atoms with E-state index in [2.05, 4.69) is 5.16 Å². The first-order valence-corrected chi connectivity index (χ1v) is 6.27. The quantitative estimate of drug-likeness (QED) is 0.554. The molecule has 0 radical (unpaired) electrons. The van der Waals surface area contributed by atoms with Crippen LogP contribution in [0.4, 0.5) is 0 Å². The minimum Gasteiger partial charge on any atom is -0.411 e. The zero-order valence-electron chi connectivity index (χ0n) is 10.4. The Morgan fingerprint density at radius 3 is 2.76 bits per heavy atom. The zero-order valence-corrected chi connectivity index (χ0v) is 10.4. The van der Waals surface area contributed by atoms with E-state index in [-0.39, 0.29) is 24.0 Å². The van der Waals surface area contributed by atoms with Crippen molar-refractivity contribution in [3.63, 3.8) is 0 Å². The highest BCUT2D eigenvalue weighted by Crippen LogP contribution is 2.23. The average molecular weight is 240 g/mol. The lowest BCUT2D eigenvalue weighted by Gasteiger charge is -2.33. The highest BCUT2D eigenvalue weighted by Gasteiger charge is 2.34. The summed E-state index contributed by atoms with van der Waals surface area (Å²) in [5.74, 6) is 0.231. The van der Waals surface area contributed by atoms with Gasteiger partial charge >= 0.3 is 0 Å². The maximum Gasteiger partial charge on any atom is 0.251 e. The maximum atomic E-state index is 12.2. The SMILES string of the molecule is CC1CCC(C(=O)N2CCC(=NO)C(C)C2)O1. The number of nitrogens with zero attached hydrogens (tertiary/aromatic N) is 2. The number of oxime groups is 1. The molecule has 0 aromatic carbocycles. The van der Waals surface area contributed by atoms with Crippen molar-refractivity contribution in [3.8, 4) is 0 Å². The Bertz CT molecular complexity index is 330. The van der Waals surface area contributed by atoms with Gasteiger partial charge in [0.25, 0.3) is 5.91 Å². The lowest BCUT2D eigenvalue weighted by atomic mass is 9.97. The highest BCUT2D eigenvalue weighted by atomic mass is 16.5. The topological polar surface area (TPSA) is 62.1 Å². The second kappa shape index (κ2) is 5.04. The predicted molar refractivity (Wildman–Crippen MR) is 63.2 cm³/mol. The third kappa shape index (κ3) is 2.60. The van der Waals surface area contributed by atoms with E-state index in [4.69, 9.17) is 9.94 Å². The molecule has 0 aromatic rings. The number of ether oxygens (including phenoxy) is 1. The molecule has 96 valence electrons. The summed E-state index contributed by atoms with van der Waals surface area (Å²) >= 11 is 0. The molecule has 3 unspecified atom stereocenters. The fourth-order valence-corrected chi connectivity index (χ4v) is 2.56. The van der Waals surface area contributed by atoms with E-state index in [0.29, 0.717) is 19.5 Å². The standard InChI is InChI=1S/C12H20N2O3/c1-8-7-14(6-5-10(8)13-16)12(15)11-4-3-9(2)17-11/h8-9,11,16H,3-7H2,1-2H3. The summed E-state index contributed by atoms with van der Waals surface area (Å²) in [5.41, 5.74) is 0.787. The van der Waals surface area contributed by atoms with Crippen LogP contribution in [0, 0.1) is 5.92 Å². The lowest BCUT2D eigenvalue weighted by Crippen LogP contribution is -2.47. The Kier molecular flexibility index (Phi) is 3.66. The van der Waals surface area contributed by atoms with E-state index >= 15 is 0 Å². The highest BCUT2D eigenvalue weighted by molar-refractivity contribution is 5.89. The molecule has 17 heavy (non-hydrogen) atoms. The number of amides is 1. The second-order valence-corrected chi connectivity index (χ2v) is 5.04. The molecule has 2 fully saturated rings. The van der Waals surface area contributed by atoms with Crippen LogP contribution < -0.4 is 0 Å². The van der Waals surface area contributed by atoms with E-state index in [1.54, 1.807) is 0 Å². The summed E-state index contributed by atoms with van der Waals surface area (Å²) in [7, 11) is 0. The van der Waals surface area contributed by atoms with Gasteiger partial charge < -0.3 is 14.8 Å². The molecule has 5 nitrogen and oxygen atoms in total. The molecule has 2 rings (SSSR count). The number of carbonyl (C=O) groups excluding carboxylic acids is 1. The monoisotopic (exact) mass is 240 g/mol. The predicted octanol–water partition coefficient (Wildman–Crippen LogP) is 1.25. The molecule has 0 saturated carbocycles. The molecule has 3 atom stereocenters. The number of carbonyl (C=O) groups is 1. The van der Waals surface area contributed by atoms with E-state index < -0.39 is 0 Å². The first-order valence-electron chi connectivity index (χ1n) is 6.27. The Balaban J connectivity index is 1.93. The number of likely N-dealkylation sites (tertiary alicyclic amines) is 1. The van der Waals surface area contributed by atoms with Crippen molar-refractivity contribution in [2.24, 2.45) is 11.1 Å². The van der Waals surface area contributed by atoms with E-state index in [1.165, 1.54) is 0 Å². The minimum absolute atomic E-state index is 0.0955.